The first-order chi connectivity index (χ1) is 20.4. The van der Waals surface area contributed by atoms with E-state index in [0.29, 0.717) is 17.0 Å². The number of carboxylic acid groups (broad SMARTS) is 1. The van der Waals surface area contributed by atoms with Gasteiger partial charge in [0.05, 0.1) is 10.5 Å². The fraction of sp³-hybridized carbons (Fsp3) is 0.310. The van der Waals surface area contributed by atoms with Gasteiger partial charge in [0.1, 0.15) is 10.6 Å². The summed E-state index contributed by atoms with van der Waals surface area (Å²) in [6, 6.07) is 10.2. The van der Waals surface area contributed by atoms with Crippen LogP contribution in [-0.4, -0.2) is 54.1 Å². The van der Waals surface area contributed by atoms with Gasteiger partial charge in [0.25, 0.3) is 0 Å². The molecule has 1 saturated heterocycles. The molecule has 0 saturated carbocycles. The number of aromatic carboxylic acids is 1. The van der Waals surface area contributed by atoms with Gasteiger partial charge >= 0.3 is 24.0 Å². The van der Waals surface area contributed by atoms with E-state index in [2.05, 4.69) is 0 Å². The standard InChI is InChI=1S/C29H23F8NO4S2/c1-2-43(21-8-3-17(4-9-21)25(39)40)38-14-13-26(44(41,42)22-10-6-20(30)7-11-22)23-12-5-19(15-18(23)16-24(26)38)27(31,28(32,33)34)29(35,36)37/h2-12,15,24H,13-14,16H2,1H3,(H,39,40). The van der Waals surface area contributed by atoms with Crippen LogP contribution < -0.4 is 0 Å². The van der Waals surface area contributed by atoms with Crippen LogP contribution in [0, 0.1) is 5.82 Å². The molecule has 0 spiro atoms. The number of carbonyl (C=O) groups is 1. The van der Waals surface area contributed by atoms with Crippen molar-refractivity contribution in [2.75, 3.05) is 6.54 Å². The first-order valence-corrected chi connectivity index (χ1v) is 15.7. The van der Waals surface area contributed by atoms with Gasteiger partial charge in [-0.2, -0.15) is 26.3 Å². The summed E-state index contributed by atoms with van der Waals surface area (Å²) in [5.74, 6) is -1.90. The highest BCUT2D eigenvalue weighted by molar-refractivity contribution is 8.13. The Balaban J connectivity index is 1.70. The fourth-order valence-electron chi connectivity index (χ4n) is 6.16. The fourth-order valence-corrected chi connectivity index (χ4v) is 10.6. The van der Waals surface area contributed by atoms with E-state index in [1.54, 1.807) is 16.6 Å². The molecule has 0 radical (unpaired) electrons. The third kappa shape index (κ3) is 4.66. The third-order valence-corrected chi connectivity index (χ3v) is 12.9. The van der Waals surface area contributed by atoms with Crippen molar-refractivity contribution < 1.29 is 53.4 Å². The molecule has 5 rings (SSSR count). The lowest BCUT2D eigenvalue weighted by Gasteiger charge is -2.34. The van der Waals surface area contributed by atoms with Crippen molar-refractivity contribution >= 4 is 31.8 Å². The normalized spacial score (nSPS) is 21.7. The summed E-state index contributed by atoms with van der Waals surface area (Å²) in [5.41, 5.74) is -7.69. The van der Waals surface area contributed by atoms with Gasteiger partial charge in [-0.15, -0.1) is 0 Å². The second kappa shape index (κ2) is 10.7. The molecule has 5 nitrogen and oxygen atoms in total. The topological polar surface area (TPSA) is 74.7 Å². The molecular formula is C29H23F8NO4S2. The zero-order valence-electron chi connectivity index (χ0n) is 22.6. The van der Waals surface area contributed by atoms with Gasteiger partial charge in [0.2, 0.25) is 0 Å². The minimum absolute atomic E-state index is 0.00658. The van der Waals surface area contributed by atoms with Crippen LogP contribution in [0.1, 0.15) is 40.4 Å². The predicted molar refractivity (Wildman–Crippen MR) is 146 cm³/mol. The zero-order chi connectivity index (χ0) is 32.5. The number of rotatable bonds is 6. The maximum absolute atomic E-state index is 15.0. The third-order valence-electron chi connectivity index (χ3n) is 8.17. The van der Waals surface area contributed by atoms with E-state index < -0.39 is 66.7 Å². The summed E-state index contributed by atoms with van der Waals surface area (Å²) in [5, 5.41) is 11.0. The molecule has 0 aromatic heterocycles. The number of halogens is 8. The highest BCUT2D eigenvalue weighted by Gasteiger charge is 2.74. The summed E-state index contributed by atoms with van der Waals surface area (Å²) in [6.45, 7) is 1.80. The number of fused-ring (bicyclic) bond motifs is 3. The van der Waals surface area contributed by atoms with Gasteiger partial charge in [0, 0.05) is 23.0 Å². The summed E-state index contributed by atoms with van der Waals surface area (Å²) < 4.78 is 139. The largest absolute Gasteiger partial charge is 0.478 e. The monoisotopic (exact) mass is 665 g/mol. The number of carboxylic acids is 1. The molecule has 1 aliphatic heterocycles. The number of hydrogen-bond acceptors (Lipinski definition) is 4. The van der Waals surface area contributed by atoms with E-state index in [9.17, 15) is 49.1 Å². The maximum atomic E-state index is 15.0. The van der Waals surface area contributed by atoms with E-state index in [0.717, 1.165) is 30.3 Å². The maximum Gasteiger partial charge on any atom is 0.435 e. The van der Waals surface area contributed by atoms with Crippen LogP contribution in [0.25, 0.3) is 0 Å². The van der Waals surface area contributed by atoms with Crippen LogP contribution in [0.3, 0.4) is 0 Å². The summed E-state index contributed by atoms with van der Waals surface area (Å²) >= 11 is 0. The number of alkyl halides is 7. The minimum Gasteiger partial charge on any atom is -0.478 e. The van der Waals surface area contributed by atoms with E-state index in [-0.39, 0.29) is 41.0 Å². The van der Waals surface area contributed by atoms with Crippen molar-refractivity contribution in [2.45, 2.75) is 58.4 Å². The van der Waals surface area contributed by atoms with Crippen molar-refractivity contribution in [1.29, 1.82) is 0 Å². The van der Waals surface area contributed by atoms with Crippen LogP contribution in [0.5, 0.6) is 0 Å². The van der Waals surface area contributed by atoms with Crippen LogP contribution in [0.4, 0.5) is 35.1 Å². The first kappa shape index (κ1) is 32.1. The minimum atomic E-state index is -6.36. The molecule has 236 valence electrons. The molecular weight excluding hydrogens is 642 g/mol. The lowest BCUT2D eigenvalue weighted by molar-refractivity contribution is -0.348. The molecule has 1 fully saturated rings. The van der Waals surface area contributed by atoms with Gasteiger partial charge in [-0.25, -0.2) is 26.3 Å². The quantitative estimate of drug-likeness (QED) is 0.172. The molecule has 3 unspecified atom stereocenters. The predicted octanol–water partition coefficient (Wildman–Crippen LogP) is 7.18. The van der Waals surface area contributed by atoms with Crippen molar-refractivity contribution in [1.82, 2.24) is 4.31 Å². The molecule has 2 aliphatic rings. The molecule has 15 heteroatoms. The van der Waals surface area contributed by atoms with Crippen molar-refractivity contribution in [3.05, 3.63) is 94.8 Å². The average Bonchev–Trinajstić information content (AvgIpc) is 3.48. The molecule has 3 aromatic rings. The molecule has 1 heterocycles. The van der Waals surface area contributed by atoms with Gasteiger partial charge in [-0.1, -0.05) is 28.9 Å². The number of nitrogens with zero attached hydrogens (tertiary/aromatic N) is 1. The molecule has 44 heavy (non-hydrogen) atoms. The molecule has 3 atom stereocenters. The lowest BCUT2D eigenvalue weighted by Crippen LogP contribution is -2.50. The molecule has 1 N–H and O–H groups in total. The van der Waals surface area contributed by atoms with E-state index in [1.807, 2.05) is 0 Å². The smallest absolute Gasteiger partial charge is 0.435 e. The molecule has 3 aromatic carbocycles. The second-order valence-corrected chi connectivity index (χ2v) is 14.6. The number of hydrogen-bond donors (Lipinski definition) is 1. The highest BCUT2D eigenvalue weighted by Crippen LogP contribution is 2.59. The Kier molecular flexibility index (Phi) is 7.77. The van der Waals surface area contributed by atoms with Crippen LogP contribution in [-0.2, 0) is 26.7 Å². The van der Waals surface area contributed by atoms with Gasteiger partial charge in [-0.05, 0) is 84.8 Å². The van der Waals surface area contributed by atoms with E-state index in [4.69, 9.17) is 0 Å². The summed E-state index contributed by atoms with van der Waals surface area (Å²) in [7, 11) is -5.49. The number of benzene rings is 3. The Labute approximate surface area is 249 Å². The van der Waals surface area contributed by atoms with Gasteiger partial charge in [-0.3, -0.25) is 0 Å². The van der Waals surface area contributed by atoms with Crippen molar-refractivity contribution in [3.8, 4) is 0 Å². The SMILES string of the molecule is C/C=S(\c1ccc(C(=O)O)cc1)N1CCC2(S(=O)(=O)c3ccc(F)cc3)c3ccc(C(F)(C(F)(F)F)C(F)(F)F)cc3CC12. The van der Waals surface area contributed by atoms with Crippen LogP contribution in [0.15, 0.2) is 76.5 Å². The Bertz CT molecular complexity index is 1740. The lowest BCUT2D eigenvalue weighted by atomic mass is 9.90. The molecule has 0 amide bonds. The Morgan fingerprint density at radius 3 is 2.07 bits per heavy atom. The van der Waals surface area contributed by atoms with Crippen molar-refractivity contribution in [2.24, 2.45) is 0 Å². The van der Waals surface area contributed by atoms with E-state index >= 15 is 4.39 Å². The van der Waals surface area contributed by atoms with Gasteiger partial charge in [0.15, 0.2) is 9.84 Å². The number of sulfone groups is 1. The second-order valence-electron chi connectivity index (χ2n) is 10.4. The highest BCUT2D eigenvalue weighted by atomic mass is 32.2. The molecule has 1 aliphatic carbocycles. The van der Waals surface area contributed by atoms with Crippen LogP contribution in [0.2, 0.25) is 0 Å². The van der Waals surface area contributed by atoms with Crippen LogP contribution >= 0.6 is 10.7 Å². The van der Waals surface area contributed by atoms with E-state index in [1.165, 1.54) is 24.3 Å². The van der Waals surface area contributed by atoms with Gasteiger partial charge < -0.3 is 5.11 Å². The molecule has 0 bridgehead atoms. The first-order valence-electron chi connectivity index (χ1n) is 13.0. The Morgan fingerprint density at radius 2 is 1.55 bits per heavy atom. The summed E-state index contributed by atoms with van der Waals surface area (Å²) in [4.78, 5) is 11.6. The Morgan fingerprint density at radius 1 is 0.955 bits per heavy atom. The zero-order valence-corrected chi connectivity index (χ0v) is 24.2. The Hall–Kier alpha value is -3.30. The summed E-state index contributed by atoms with van der Waals surface area (Å²) in [6.07, 6.45) is -13.2. The average molecular weight is 666 g/mol. The van der Waals surface area contributed by atoms with Crippen molar-refractivity contribution in [3.63, 3.8) is 0 Å².